The van der Waals surface area contributed by atoms with E-state index in [0.717, 1.165) is 21.3 Å². The zero-order valence-corrected chi connectivity index (χ0v) is 14.1. The van der Waals surface area contributed by atoms with Crippen molar-refractivity contribution in [1.29, 1.82) is 0 Å². The molecule has 0 atom stereocenters. The van der Waals surface area contributed by atoms with Crippen molar-refractivity contribution < 1.29 is 13.5 Å². The molecule has 0 radical (unpaired) electrons. The van der Waals surface area contributed by atoms with Gasteiger partial charge in [0.1, 0.15) is 5.82 Å². The van der Waals surface area contributed by atoms with Gasteiger partial charge >= 0.3 is 0 Å². The van der Waals surface area contributed by atoms with Gasteiger partial charge in [0, 0.05) is 36.9 Å². The van der Waals surface area contributed by atoms with Crippen molar-refractivity contribution >= 4 is 27.0 Å². The second-order valence-electron chi connectivity index (χ2n) is 5.88. The van der Waals surface area contributed by atoms with Crippen molar-refractivity contribution in [2.24, 2.45) is 0 Å². The second-order valence-corrected chi connectivity index (χ2v) is 6.79. The Labute approximate surface area is 136 Å². The van der Waals surface area contributed by atoms with Gasteiger partial charge in [0.25, 0.3) is 0 Å². The summed E-state index contributed by atoms with van der Waals surface area (Å²) in [4.78, 5) is 4.72. The van der Waals surface area contributed by atoms with Gasteiger partial charge in [-0.25, -0.2) is 13.8 Å². The van der Waals surface area contributed by atoms with Gasteiger partial charge in [0.15, 0.2) is 0 Å². The summed E-state index contributed by atoms with van der Waals surface area (Å²) in [7, 11) is 1.66. The highest BCUT2D eigenvalue weighted by Gasteiger charge is 2.37. The zero-order chi connectivity index (χ0) is 15.7. The first-order valence-corrected chi connectivity index (χ1v) is 8.32. The third kappa shape index (κ3) is 3.18. The highest BCUT2D eigenvalue weighted by atomic mass is 79.9. The standard InChI is InChI=1S/C16H19BrF2N2O/c1-22-9-8-21-14-10-12(17)2-3-13(14)20-15(21)11-4-6-16(18,19)7-5-11/h2-3,10-11H,4-9H2,1H3. The summed E-state index contributed by atoms with van der Waals surface area (Å²) in [6.45, 7) is 1.26. The van der Waals surface area contributed by atoms with Crippen LogP contribution < -0.4 is 0 Å². The molecule has 0 aliphatic heterocycles. The molecule has 22 heavy (non-hydrogen) atoms. The molecule has 1 saturated carbocycles. The maximum atomic E-state index is 13.4. The number of methoxy groups -OCH3 is 1. The van der Waals surface area contributed by atoms with Crippen LogP contribution in [0.15, 0.2) is 22.7 Å². The Morgan fingerprint density at radius 2 is 2.09 bits per heavy atom. The lowest BCUT2D eigenvalue weighted by Crippen LogP contribution is -2.25. The maximum Gasteiger partial charge on any atom is 0.248 e. The number of hydrogen-bond donors (Lipinski definition) is 0. The Hall–Kier alpha value is -1.01. The Kier molecular flexibility index (Phi) is 4.50. The molecule has 6 heteroatoms. The number of rotatable bonds is 4. The number of aromatic nitrogens is 2. The first-order valence-electron chi connectivity index (χ1n) is 7.52. The van der Waals surface area contributed by atoms with E-state index >= 15 is 0 Å². The maximum absolute atomic E-state index is 13.4. The van der Waals surface area contributed by atoms with Gasteiger partial charge < -0.3 is 9.30 Å². The number of alkyl halides is 2. The van der Waals surface area contributed by atoms with Gasteiger partial charge in [-0.3, -0.25) is 0 Å². The zero-order valence-electron chi connectivity index (χ0n) is 12.5. The average molecular weight is 373 g/mol. The van der Waals surface area contributed by atoms with Crippen LogP contribution in [0.4, 0.5) is 8.78 Å². The first kappa shape index (κ1) is 15.9. The molecule has 0 spiro atoms. The summed E-state index contributed by atoms with van der Waals surface area (Å²) in [5.41, 5.74) is 1.94. The third-order valence-electron chi connectivity index (χ3n) is 4.34. The van der Waals surface area contributed by atoms with E-state index in [1.165, 1.54) is 0 Å². The van der Waals surface area contributed by atoms with Crippen molar-refractivity contribution in [2.45, 2.75) is 44.1 Å². The van der Waals surface area contributed by atoms with Crippen LogP contribution in [0.25, 0.3) is 11.0 Å². The molecule has 1 heterocycles. The predicted octanol–water partition coefficient (Wildman–Crippen LogP) is 4.74. The third-order valence-corrected chi connectivity index (χ3v) is 4.83. The van der Waals surface area contributed by atoms with E-state index < -0.39 is 5.92 Å². The summed E-state index contributed by atoms with van der Waals surface area (Å²) in [5.74, 6) is -1.49. The van der Waals surface area contributed by atoms with Gasteiger partial charge in [0.05, 0.1) is 17.6 Å². The molecule has 1 aromatic carbocycles. The SMILES string of the molecule is COCCn1c(C2CCC(F)(F)CC2)nc2ccc(Br)cc21. The van der Waals surface area contributed by atoms with Crippen LogP contribution in [0, 0.1) is 0 Å². The fraction of sp³-hybridized carbons (Fsp3) is 0.562. The number of halogens is 3. The van der Waals surface area contributed by atoms with Crippen LogP contribution in [0.1, 0.15) is 37.4 Å². The number of benzene rings is 1. The molecule has 1 aliphatic carbocycles. The Bertz CT molecular complexity index is 661. The van der Waals surface area contributed by atoms with Crippen LogP contribution >= 0.6 is 15.9 Å². The number of imidazole rings is 1. The van der Waals surface area contributed by atoms with E-state index in [1.807, 2.05) is 18.2 Å². The van der Waals surface area contributed by atoms with Crippen molar-refractivity contribution in [1.82, 2.24) is 9.55 Å². The largest absolute Gasteiger partial charge is 0.383 e. The minimum atomic E-state index is -2.51. The van der Waals surface area contributed by atoms with E-state index in [0.29, 0.717) is 26.0 Å². The van der Waals surface area contributed by atoms with Gasteiger partial charge in [-0.2, -0.15) is 0 Å². The number of ether oxygens (including phenoxy) is 1. The molecule has 1 aliphatic rings. The lowest BCUT2D eigenvalue weighted by Gasteiger charge is -2.28. The molecule has 2 aromatic rings. The minimum absolute atomic E-state index is 0.0468. The molecule has 3 nitrogen and oxygen atoms in total. The summed E-state index contributed by atoms with van der Waals surface area (Å²) in [6.07, 6.45) is 0.888. The highest BCUT2D eigenvalue weighted by Crippen LogP contribution is 2.41. The van der Waals surface area contributed by atoms with Crippen molar-refractivity contribution in [3.05, 3.63) is 28.5 Å². The average Bonchev–Trinajstić information content (AvgIpc) is 2.83. The van der Waals surface area contributed by atoms with Crippen LogP contribution in [0.3, 0.4) is 0 Å². The monoisotopic (exact) mass is 372 g/mol. The van der Waals surface area contributed by atoms with E-state index in [1.54, 1.807) is 7.11 Å². The van der Waals surface area contributed by atoms with Gasteiger partial charge in [0.2, 0.25) is 5.92 Å². The lowest BCUT2D eigenvalue weighted by molar-refractivity contribution is -0.0390. The van der Waals surface area contributed by atoms with Crippen molar-refractivity contribution in [3.8, 4) is 0 Å². The van der Waals surface area contributed by atoms with Crippen LogP contribution in [0.5, 0.6) is 0 Å². The van der Waals surface area contributed by atoms with E-state index in [-0.39, 0.29) is 18.8 Å². The first-order chi connectivity index (χ1) is 10.5. The van der Waals surface area contributed by atoms with Gasteiger partial charge in [-0.15, -0.1) is 0 Å². The Morgan fingerprint density at radius 3 is 2.77 bits per heavy atom. The molecule has 120 valence electrons. The van der Waals surface area contributed by atoms with Gasteiger partial charge in [-0.05, 0) is 31.0 Å². The number of hydrogen-bond acceptors (Lipinski definition) is 2. The van der Waals surface area contributed by atoms with Crippen molar-refractivity contribution in [3.63, 3.8) is 0 Å². The Morgan fingerprint density at radius 1 is 1.36 bits per heavy atom. The summed E-state index contributed by atoms with van der Waals surface area (Å²) < 4.78 is 35.1. The normalized spacial score (nSPS) is 18.9. The van der Waals surface area contributed by atoms with Crippen LogP contribution in [0.2, 0.25) is 0 Å². The smallest absolute Gasteiger partial charge is 0.248 e. The second kappa shape index (κ2) is 6.24. The molecule has 0 saturated heterocycles. The molecule has 0 unspecified atom stereocenters. The molecular formula is C16H19BrF2N2O. The van der Waals surface area contributed by atoms with Gasteiger partial charge in [-0.1, -0.05) is 15.9 Å². The number of nitrogens with zero attached hydrogens (tertiary/aromatic N) is 2. The van der Waals surface area contributed by atoms with Crippen LogP contribution in [-0.2, 0) is 11.3 Å². The molecule has 0 amide bonds. The molecule has 0 bridgehead atoms. The summed E-state index contributed by atoms with van der Waals surface area (Å²) >= 11 is 3.48. The highest BCUT2D eigenvalue weighted by molar-refractivity contribution is 9.10. The molecular weight excluding hydrogens is 354 g/mol. The molecule has 1 aromatic heterocycles. The van der Waals surface area contributed by atoms with Crippen molar-refractivity contribution in [2.75, 3.05) is 13.7 Å². The van der Waals surface area contributed by atoms with Crippen LogP contribution in [-0.4, -0.2) is 29.2 Å². The van der Waals surface area contributed by atoms with E-state index in [4.69, 9.17) is 9.72 Å². The van der Waals surface area contributed by atoms with E-state index in [2.05, 4.69) is 20.5 Å². The molecule has 3 rings (SSSR count). The van der Waals surface area contributed by atoms with E-state index in [9.17, 15) is 8.78 Å². The Balaban J connectivity index is 1.97. The topological polar surface area (TPSA) is 27.1 Å². The quantitative estimate of drug-likeness (QED) is 0.774. The lowest BCUT2D eigenvalue weighted by atomic mass is 9.86. The minimum Gasteiger partial charge on any atom is -0.383 e. The molecule has 0 N–H and O–H groups in total. The molecule has 1 fully saturated rings. The summed E-state index contributed by atoms with van der Waals surface area (Å²) in [6, 6.07) is 5.94. The fourth-order valence-electron chi connectivity index (χ4n) is 3.14. The predicted molar refractivity (Wildman–Crippen MR) is 85.5 cm³/mol. The number of fused-ring (bicyclic) bond motifs is 1. The fourth-order valence-corrected chi connectivity index (χ4v) is 3.49. The summed E-state index contributed by atoms with van der Waals surface area (Å²) in [5, 5.41) is 0.